The van der Waals surface area contributed by atoms with Crippen molar-refractivity contribution in [2.75, 3.05) is 25.4 Å². The molecule has 2 aliphatic heterocycles. The summed E-state index contributed by atoms with van der Waals surface area (Å²) in [7, 11) is 0. The summed E-state index contributed by atoms with van der Waals surface area (Å²) in [5.41, 5.74) is 2.42. The molecule has 0 saturated carbocycles. The van der Waals surface area contributed by atoms with Crippen molar-refractivity contribution in [3.05, 3.63) is 35.9 Å². The van der Waals surface area contributed by atoms with Crippen molar-refractivity contribution in [2.45, 2.75) is 19.4 Å². The highest BCUT2D eigenvalue weighted by Crippen LogP contribution is 2.25. The average Bonchev–Trinajstić information content (AvgIpc) is 3.02. The molecular weight excluding hydrogens is 312 g/mol. The molecule has 0 bridgehead atoms. The number of hydrogen-bond donors (Lipinski definition) is 1. The molecule has 0 aromatic heterocycles. The first kappa shape index (κ1) is 15.9. The van der Waals surface area contributed by atoms with Gasteiger partial charge in [-0.15, -0.1) is 0 Å². The molecule has 3 rings (SSSR count). The summed E-state index contributed by atoms with van der Waals surface area (Å²) in [6.07, 6.45) is 2.93. The predicted molar refractivity (Wildman–Crippen MR) is 91.6 cm³/mol. The zero-order valence-electron chi connectivity index (χ0n) is 13.1. The first-order chi connectivity index (χ1) is 11.2. The molecule has 1 saturated heterocycles. The summed E-state index contributed by atoms with van der Waals surface area (Å²) in [5, 5.41) is 2.60. The van der Waals surface area contributed by atoms with E-state index in [0.717, 1.165) is 12.2 Å². The van der Waals surface area contributed by atoms with Crippen LogP contribution in [0.15, 0.2) is 30.3 Å². The van der Waals surface area contributed by atoms with Crippen LogP contribution in [-0.4, -0.2) is 47.5 Å². The largest absolute Gasteiger partial charge is 0.494 e. The normalized spacial score (nSPS) is 20.9. The highest BCUT2D eigenvalue weighted by molar-refractivity contribution is 8.14. The Morgan fingerprint density at radius 2 is 2.17 bits per heavy atom. The molecule has 0 aliphatic carbocycles. The van der Waals surface area contributed by atoms with Gasteiger partial charge in [-0.1, -0.05) is 30.0 Å². The summed E-state index contributed by atoms with van der Waals surface area (Å²) in [6, 6.07) is 7.70. The van der Waals surface area contributed by atoms with Gasteiger partial charge in [0.2, 0.25) is 5.91 Å². The number of amides is 2. The number of carbonyl (C=O) groups excluding carboxylic acids is 2. The predicted octanol–water partition coefficient (Wildman–Crippen LogP) is 2.53. The second-order valence-electron chi connectivity index (χ2n) is 5.52. The van der Waals surface area contributed by atoms with E-state index in [9.17, 15) is 9.59 Å². The zero-order chi connectivity index (χ0) is 16.2. The SMILES string of the molecule is CCOc1ccc(C2=CCN(C(=O)C3CSC(=O)N3)CC2)cc1. The second kappa shape index (κ2) is 7.08. The van der Waals surface area contributed by atoms with Crippen LogP contribution in [0.4, 0.5) is 4.79 Å². The van der Waals surface area contributed by atoms with Gasteiger partial charge in [0.15, 0.2) is 0 Å². The summed E-state index contributed by atoms with van der Waals surface area (Å²) in [5.74, 6) is 1.42. The molecule has 0 spiro atoms. The zero-order valence-corrected chi connectivity index (χ0v) is 13.9. The highest BCUT2D eigenvalue weighted by Gasteiger charge is 2.31. The van der Waals surface area contributed by atoms with Gasteiger partial charge in [-0.2, -0.15) is 0 Å². The van der Waals surface area contributed by atoms with Gasteiger partial charge in [-0.05, 0) is 36.6 Å². The number of carbonyl (C=O) groups is 2. The average molecular weight is 332 g/mol. The van der Waals surface area contributed by atoms with E-state index in [1.807, 2.05) is 24.0 Å². The molecular formula is C17H20N2O3S. The van der Waals surface area contributed by atoms with E-state index < -0.39 is 0 Å². The second-order valence-corrected chi connectivity index (χ2v) is 6.51. The maximum atomic E-state index is 12.4. The third-order valence-electron chi connectivity index (χ3n) is 4.03. The Balaban J connectivity index is 1.61. The molecule has 2 aliphatic rings. The third kappa shape index (κ3) is 3.69. The van der Waals surface area contributed by atoms with E-state index in [-0.39, 0.29) is 17.2 Å². The fourth-order valence-corrected chi connectivity index (χ4v) is 3.57. The monoisotopic (exact) mass is 332 g/mol. The maximum Gasteiger partial charge on any atom is 0.279 e. The van der Waals surface area contributed by atoms with Gasteiger partial charge >= 0.3 is 0 Å². The Hall–Kier alpha value is -1.95. The van der Waals surface area contributed by atoms with E-state index in [1.165, 1.54) is 22.9 Å². The van der Waals surface area contributed by atoms with E-state index in [4.69, 9.17) is 4.74 Å². The fourth-order valence-electron chi connectivity index (χ4n) is 2.80. The third-order valence-corrected chi connectivity index (χ3v) is 4.91. The number of hydrogen-bond acceptors (Lipinski definition) is 4. The Bertz CT molecular complexity index is 627. The van der Waals surface area contributed by atoms with Crippen LogP contribution >= 0.6 is 11.8 Å². The number of rotatable bonds is 4. The molecule has 2 heterocycles. The van der Waals surface area contributed by atoms with E-state index in [2.05, 4.69) is 23.5 Å². The van der Waals surface area contributed by atoms with Gasteiger partial charge in [0, 0.05) is 18.8 Å². The van der Waals surface area contributed by atoms with Gasteiger partial charge in [-0.25, -0.2) is 0 Å². The van der Waals surface area contributed by atoms with Crippen LogP contribution in [0.25, 0.3) is 5.57 Å². The Labute approximate surface area is 140 Å². The van der Waals surface area contributed by atoms with Crippen LogP contribution in [0.1, 0.15) is 18.9 Å². The van der Waals surface area contributed by atoms with Crippen molar-refractivity contribution in [3.8, 4) is 5.75 Å². The molecule has 1 unspecified atom stereocenters. The minimum absolute atomic E-state index is 0.0188. The molecule has 1 aromatic rings. The van der Waals surface area contributed by atoms with Crippen LogP contribution in [-0.2, 0) is 4.79 Å². The molecule has 2 amide bonds. The number of nitrogens with zero attached hydrogens (tertiary/aromatic N) is 1. The van der Waals surface area contributed by atoms with Crippen LogP contribution in [0, 0.1) is 0 Å². The van der Waals surface area contributed by atoms with E-state index in [0.29, 0.717) is 25.4 Å². The van der Waals surface area contributed by atoms with Crippen LogP contribution < -0.4 is 10.1 Å². The van der Waals surface area contributed by atoms with Crippen LogP contribution in [0.3, 0.4) is 0 Å². The molecule has 0 radical (unpaired) electrons. The van der Waals surface area contributed by atoms with Gasteiger partial charge in [-0.3, -0.25) is 9.59 Å². The quantitative estimate of drug-likeness (QED) is 0.920. The first-order valence-electron chi connectivity index (χ1n) is 7.81. The summed E-state index contributed by atoms with van der Waals surface area (Å²) in [4.78, 5) is 25.4. The lowest BCUT2D eigenvalue weighted by Gasteiger charge is -2.28. The molecule has 6 heteroatoms. The van der Waals surface area contributed by atoms with Crippen molar-refractivity contribution in [3.63, 3.8) is 0 Å². The Morgan fingerprint density at radius 3 is 2.74 bits per heavy atom. The lowest BCUT2D eigenvalue weighted by atomic mass is 9.99. The van der Waals surface area contributed by atoms with Crippen LogP contribution in [0.2, 0.25) is 0 Å². The van der Waals surface area contributed by atoms with Crippen molar-refractivity contribution >= 4 is 28.5 Å². The number of benzene rings is 1. The van der Waals surface area contributed by atoms with Gasteiger partial charge in [0.1, 0.15) is 11.8 Å². The minimum Gasteiger partial charge on any atom is -0.494 e. The smallest absolute Gasteiger partial charge is 0.279 e. The Kier molecular flexibility index (Phi) is 4.91. The van der Waals surface area contributed by atoms with E-state index >= 15 is 0 Å². The van der Waals surface area contributed by atoms with Gasteiger partial charge in [0.05, 0.1) is 6.61 Å². The van der Waals surface area contributed by atoms with E-state index in [1.54, 1.807) is 0 Å². The maximum absolute atomic E-state index is 12.4. The molecule has 122 valence electrons. The lowest BCUT2D eigenvalue weighted by Crippen LogP contribution is -2.46. The molecule has 1 N–H and O–H groups in total. The van der Waals surface area contributed by atoms with Crippen LogP contribution in [0.5, 0.6) is 5.75 Å². The summed E-state index contributed by atoms with van der Waals surface area (Å²) < 4.78 is 5.45. The molecule has 23 heavy (non-hydrogen) atoms. The number of thioether (sulfide) groups is 1. The molecule has 1 fully saturated rings. The molecule has 5 nitrogen and oxygen atoms in total. The topological polar surface area (TPSA) is 58.6 Å². The van der Waals surface area contributed by atoms with Gasteiger partial charge in [0.25, 0.3) is 5.24 Å². The minimum atomic E-state index is -0.368. The van der Waals surface area contributed by atoms with Crippen molar-refractivity contribution < 1.29 is 14.3 Å². The highest BCUT2D eigenvalue weighted by atomic mass is 32.2. The lowest BCUT2D eigenvalue weighted by molar-refractivity contribution is -0.132. The van der Waals surface area contributed by atoms with Gasteiger partial charge < -0.3 is 15.0 Å². The number of nitrogens with one attached hydrogen (secondary N) is 1. The Morgan fingerprint density at radius 1 is 1.39 bits per heavy atom. The summed E-state index contributed by atoms with van der Waals surface area (Å²) in [6.45, 7) is 3.91. The molecule has 1 aromatic carbocycles. The summed E-state index contributed by atoms with van der Waals surface area (Å²) >= 11 is 1.18. The fraction of sp³-hybridized carbons (Fsp3) is 0.412. The van der Waals surface area contributed by atoms with Crippen molar-refractivity contribution in [1.82, 2.24) is 10.2 Å². The molecule has 1 atom stereocenters. The first-order valence-corrected chi connectivity index (χ1v) is 8.80. The standard InChI is InChI=1S/C17H20N2O3S/c1-2-22-14-5-3-12(4-6-14)13-7-9-19(10-8-13)16(20)15-11-23-17(21)18-15/h3-7,15H,2,8-11H2,1H3,(H,18,21). The van der Waals surface area contributed by atoms with Crippen molar-refractivity contribution in [2.24, 2.45) is 0 Å². The van der Waals surface area contributed by atoms with Crippen molar-refractivity contribution in [1.29, 1.82) is 0 Å². The number of ether oxygens (including phenoxy) is 1.